The highest BCUT2D eigenvalue weighted by atomic mass is 16.5. The lowest BCUT2D eigenvalue weighted by Crippen LogP contribution is -2.27. The van der Waals surface area contributed by atoms with Crippen LogP contribution in [0.2, 0.25) is 0 Å². The molecule has 2 aromatic rings. The van der Waals surface area contributed by atoms with Gasteiger partial charge in [-0.25, -0.2) is 0 Å². The minimum atomic E-state index is -0.166. The summed E-state index contributed by atoms with van der Waals surface area (Å²) in [6.07, 6.45) is 0. The van der Waals surface area contributed by atoms with Crippen LogP contribution in [0.25, 0.3) is 11.4 Å². The van der Waals surface area contributed by atoms with Crippen LogP contribution in [0.3, 0.4) is 0 Å². The summed E-state index contributed by atoms with van der Waals surface area (Å²) in [6, 6.07) is 7.52. The maximum Gasteiger partial charge on any atom is 0.246 e. The highest BCUT2D eigenvalue weighted by molar-refractivity contribution is 5.77. The third-order valence-corrected chi connectivity index (χ3v) is 2.95. The van der Waals surface area contributed by atoms with Gasteiger partial charge in [0.1, 0.15) is 6.61 Å². The van der Waals surface area contributed by atoms with Crippen molar-refractivity contribution < 1.29 is 14.3 Å². The Labute approximate surface area is 134 Å². The van der Waals surface area contributed by atoms with E-state index in [4.69, 9.17) is 9.47 Å². The minimum Gasteiger partial charge on any atom is -0.382 e. The predicted molar refractivity (Wildman–Crippen MR) is 82.3 cm³/mol. The second-order valence-corrected chi connectivity index (χ2v) is 4.79. The summed E-state index contributed by atoms with van der Waals surface area (Å²) >= 11 is 0. The van der Waals surface area contributed by atoms with Gasteiger partial charge in [0.25, 0.3) is 0 Å². The monoisotopic (exact) mass is 317 g/mol. The number of nitrogens with zero attached hydrogens (tertiary/aromatic N) is 4. The van der Waals surface area contributed by atoms with Crippen molar-refractivity contribution in [1.82, 2.24) is 25.7 Å². The Morgan fingerprint density at radius 3 is 2.43 bits per heavy atom. The van der Waals surface area contributed by atoms with Gasteiger partial charge in [-0.1, -0.05) is 24.3 Å². The molecule has 0 aliphatic rings. The van der Waals surface area contributed by atoms with E-state index >= 15 is 0 Å². The van der Waals surface area contributed by atoms with Crippen LogP contribution in [-0.2, 0) is 20.8 Å². The van der Waals surface area contributed by atoms with Crippen molar-refractivity contribution in [2.75, 3.05) is 26.9 Å². The average molecular weight is 317 g/mol. The number of aromatic nitrogens is 4. The zero-order valence-electron chi connectivity index (χ0n) is 13.2. The van der Waals surface area contributed by atoms with Gasteiger partial charge in [-0.3, -0.25) is 4.79 Å². The number of methoxy groups -OCH3 is 1. The molecule has 0 spiro atoms. The number of amides is 1. The molecule has 1 aromatic heterocycles. The van der Waals surface area contributed by atoms with Crippen molar-refractivity contribution in [3.05, 3.63) is 35.7 Å². The molecule has 0 unspecified atom stereocenters. The number of hydrogen-bond acceptors (Lipinski definition) is 7. The van der Waals surface area contributed by atoms with Crippen LogP contribution in [0.4, 0.5) is 0 Å². The summed E-state index contributed by atoms with van der Waals surface area (Å²) in [5, 5.41) is 18.5. The van der Waals surface area contributed by atoms with Gasteiger partial charge in [-0.15, -0.1) is 20.4 Å². The Morgan fingerprint density at radius 2 is 1.78 bits per heavy atom. The van der Waals surface area contributed by atoms with E-state index in [2.05, 4.69) is 25.7 Å². The first-order chi connectivity index (χ1) is 11.2. The highest BCUT2D eigenvalue weighted by Gasteiger charge is 2.04. The maximum absolute atomic E-state index is 11.6. The number of carbonyl (C=O) groups excluding carboxylic acids is 1. The minimum absolute atomic E-state index is 0.0238. The fraction of sp³-hybridized carbons (Fsp3) is 0.400. The second kappa shape index (κ2) is 8.86. The normalized spacial score (nSPS) is 10.5. The molecule has 0 fully saturated rings. The molecule has 0 saturated carbocycles. The van der Waals surface area contributed by atoms with E-state index in [1.165, 1.54) is 0 Å². The van der Waals surface area contributed by atoms with Crippen molar-refractivity contribution in [3.63, 3.8) is 0 Å². The molecule has 0 radical (unpaired) electrons. The van der Waals surface area contributed by atoms with Gasteiger partial charge >= 0.3 is 0 Å². The Kier molecular flexibility index (Phi) is 6.52. The summed E-state index contributed by atoms with van der Waals surface area (Å²) < 4.78 is 9.97. The smallest absolute Gasteiger partial charge is 0.246 e. The number of carbonyl (C=O) groups is 1. The van der Waals surface area contributed by atoms with E-state index in [1.807, 2.05) is 24.3 Å². The molecular weight excluding hydrogens is 298 g/mol. The van der Waals surface area contributed by atoms with E-state index in [1.54, 1.807) is 14.0 Å². The number of nitrogens with one attached hydrogen (secondary N) is 1. The molecule has 0 aliphatic heterocycles. The zero-order valence-corrected chi connectivity index (χ0v) is 13.2. The van der Waals surface area contributed by atoms with E-state index in [0.717, 1.165) is 11.1 Å². The summed E-state index contributed by atoms with van der Waals surface area (Å²) in [7, 11) is 1.58. The molecule has 23 heavy (non-hydrogen) atoms. The zero-order chi connectivity index (χ0) is 16.5. The molecule has 0 atom stereocenters. The van der Waals surface area contributed by atoms with Gasteiger partial charge in [0.15, 0.2) is 5.82 Å². The Balaban J connectivity index is 1.81. The van der Waals surface area contributed by atoms with Gasteiger partial charge in [0.2, 0.25) is 11.7 Å². The molecule has 8 nitrogen and oxygen atoms in total. The Bertz CT molecular complexity index is 616. The molecule has 1 heterocycles. The molecule has 1 amide bonds. The predicted octanol–water partition coefficient (Wildman–Crippen LogP) is 0.521. The van der Waals surface area contributed by atoms with Gasteiger partial charge in [-0.2, -0.15) is 0 Å². The first-order valence-electron chi connectivity index (χ1n) is 7.15. The van der Waals surface area contributed by atoms with Crippen LogP contribution in [0.1, 0.15) is 11.4 Å². The molecule has 8 heteroatoms. The highest BCUT2D eigenvalue weighted by Crippen LogP contribution is 2.13. The topological polar surface area (TPSA) is 99.1 Å². The lowest BCUT2D eigenvalue weighted by atomic mass is 10.1. The summed E-state index contributed by atoms with van der Waals surface area (Å²) in [5.74, 6) is 0.832. The fourth-order valence-corrected chi connectivity index (χ4v) is 1.73. The molecule has 0 bridgehead atoms. The van der Waals surface area contributed by atoms with Crippen molar-refractivity contribution in [1.29, 1.82) is 0 Å². The van der Waals surface area contributed by atoms with E-state index in [0.29, 0.717) is 31.4 Å². The van der Waals surface area contributed by atoms with Crippen LogP contribution < -0.4 is 5.32 Å². The number of benzene rings is 1. The summed E-state index contributed by atoms with van der Waals surface area (Å²) in [5.41, 5.74) is 1.79. The molecule has 1 N–H and O–H groups in total. The third kappa shape index (κ3) is 5.68. The van der Waals surface area contributed by atoms with E-state index in [9.17, 15) is 4.79 Å². The van der Waals surface area contributed by atoms with Crippen LogP contribution in [0.15, 0.2) is 24.3 Å². The number of hydrogen-bond donors (Lipinski definition) is 1. The van der Waals surface area contributed by atoms with Gasteiger partial charge in [0, 0.05) is 19.2 Å². The number of rotatable bonds is 8. The Hall–Kier alpha value is -2.45. The molecule has 0 saturated heterocycles. The quantitative estimate of drug-likeness (QED) is 0.709. The van der Waals surface area contributed by atoms with Crippen molar-refractivity contribution in [2.24, 2.45) is 0 Å². The van der Waals surface area contributed by atoms with Gasteiger partial charge in [0.05, 0.1) is 13.2 Å². The summed E-state index contributed by atoms with van der Waals surface area (Å²) in [4.78, 5) is 11.6. The third-order valence-electron chi connectivity index (χ3n) is 2.95. The molecule has 122 valence electrons. The molecular formula is C15H19N5O3. The van der Waals surface area contributed by atoms with Crippen molar-refractivity contribution >= 4 is 5.91 Å². The van der Waals surface area contributed by atoms with Gasteiger partial charge in [-0.05, 0) is 12.5 Å². The Morgan fingerprint density at radius 1 is 1.09 bits per heavy atom. The van der Waals surface area contributed by atoms with Crippen LogP contribution in [0.5, 0.6) is 0 Å². The standard InChI is InChI=1S/C15H19N5O3/c1-11-17-19-15(20-18-11)13-5-3-12(4-6-13)9-16-14(21)10-23-8-7-22-2/h3-6H,7-10H2,1-2H3,(H,16,21). The number of ether oxygens (including phenoxy) is 2. The van der Waals surface area contributed by atoms with Crippen molar-refractivity contribution in [2.45, 2.75) is 13.5 Å². The van der Waals surface area contributed by atoms with Crippen LogP contribution in [-0.4, -0.2) is 53.2 Å². The lowest BCUT2D eigenvalue weighted by Gasteiger charge is -2.07. The first kappa shape index (κ1) is 16.9. The first-order valence-corrected chi connectivity index (χ1v) is 7.15. The number of aryl methyl sites for hydroxylation is 1. The fourth-order valence-electron chi connectivity index (χ4n) is 1.73. The maximum atomic E-state index is 11.6. The van der Waals surface area contributed by atoms with Crippen LogP contribution in [0, 0.1) is 6.92 Å². The SMILES string of the molecule is COCCOCC(=O)NCc1ccc(-c2nnc(C)nn2)cc1. The van der Waals surface area contributed by atoms with Gasteiger partial charge < -0.3 is 14.8 Å². The molecule has 1 aromatic carbocycles. The summed E-state index contributed by atoms with van der Waals surface area (Å²) in [6.45, 7) is 3.05. The molecule has 0 aliphatic carbocycles. The molecule has 2 rings (SSSR count). The average Bonchev–Trinajstić information content (AvgIpc) is 2.58. The van der Waals surface area contributed by atoms with E-state index < -0.39 is 0 Å². The lowest BCUT2D eigenvalue weighted by molar-refractivity contribution is -0.126. The van der Waals surface area contributed by atoms with Crippen LogP contribution >= 0.6 is 0 Å². The van der Waals surface area contributed by atoms with E-state index in [-0.39, 0.29) is 12.5 Å². The van der Waals surface area contributed by atoms with Crippen molar-refractivity contribution in [3.8, 4) is 11.4 Å². The largest absolute Gasteiger partial charge is 0.382 e. The second-order valence-electron chi connectivity index (χ2n) is 4.79.